The molecule has 0 saturated heterocycles. The predicted molar refractivity (Wildman–Crippen MR) is 100 cm³/mol. The van der Waals surface area contributed by atoms with E-state index in [1.807, 2.05) is 0 Å². The number of benzene rings is 1. The Kier molecular flexibility index (Phi) is 4.37. The smallest absolute Gasteiger partial charge is 0.155 e. The number of hydrogen-bond acceptors (Lipinski definition) is 4. The molecule has 2 N–H and O–H groups in total. The fraction of sp³-hybridized carbons (Fsp3) is 0.263. The number of aliphatic imine (C=N–C) groups is 1. The summed E-state index contributed by atoms with van der Waals surface area (Å²) in [5, 5.41) is 0.852. The fourth-order valence-corrected chi connectivity index (χ4v) is 4.56. The number of pyridine rings is 1. The number of nitrogens with two attached hydrogens (primary N) is 1. The topological polar surface area (TPSA) is 51.3 Å². The van der Waals surface area contributed by atoms with Crippen molar-refractivity contribution in [2.75, 3.05) is 6.67 Å². The molecule has 0 amide bonds. The zero-order valence-corrected chi connectivity index (χ0v) is 15.1. The first-order valence-electron chi connectivity index (χ1n) is 8.02. The molecular formula is C19H14ClF2N3S. The Labute approximate surface area is 159 Å². The van der Waals surface area contributed by atoms with Gasteiger partial charge in [-0.2, -0.15) is 0 Å². The van der Waals surface area contributed by atoms with Crippen LogP contribution in [0.25, 0.3) is 0 Å². The molecule has 1 saturated carbocycles. The van der Waals surface area contributed by atoms with Crippen LogP contribution in [0.5, 0.6) is 0 Å². The van der Waals surface area contributed by atoms with E-state index < -0.39 is 17.5 Å². The molecule has 26 heavy (non-hydrogen) atoms. The summed E-state index contributed by atoms with van der Waals surface area (Å²) in [6.45, 7) is -0.489. The van der Waals surface area contributed by atoms with Crippen molar-refractivity contribution >= 4 is 28.5 Å². The van der Waals surface area contributed by atoms with Crippen LogP contribution in [0.3, 0.4) is 0 Å². The summed E-state index contributed by atoms with van der Waals surface area (Å²) in [4.78, 5) is 8.49. The zero-order valence-electron chi connectivity index (χ0n) is 13.5. The predicted octanol–water partition coefficient (Wildman–Crippen LogP) is 4.10. The first kappa shape index (κ1) is 17.3. The maximum atomic E-state index is 14.4. The van der Waals surface area contributed by atoms with Crippen molar-refractivity contribution in [2.45, 2.75) is 17.2 Å². The van der Waals surface area contributed by atoms with Gasteiger partial charge >= 0.3 is 0 Å². The van der Waals surface area contributed by atoms with E-state index in [-0.39, 0.29) is 11.7 Å². The summed E-state index contributed by atoms with van der Waals surface area (Å²) >= 11 is 7.18. The molecule has 3 nitrogen and oxygen atoms in total. The number of thioether (sulfide) groups is 1. The number of alkyl halides is 1. The van der Waals surface area contributed by atoms with Crippen LogP contribution in [0.1, 0.15) is 29.3 Å². The first-order valence-corrected chi connectivity index (χ1v) is 9.21. The summed E-state index contributed by atoms with van der Waals surface area (Å²) in [6.07, 6.45) is 2.22. The van der Waals surface area contributed by atoms with Gasteiger partial charge in [0.15, 0.2) is 5.17 Å². The first-order chi connectivity index (χ1) is 12.5. The van der Waals surface area contributed by atoms with Gasteiger partial charge in [0.25, 0.3) is 0 Å². The molecule has 0 unspecified atom stereocenters. The van der Waals surface area contributed by atoms with E-state index in [0.717, 1.165) is 0 Å². The van der Waals surface area contributed by atoms with Crippen molar-refractivity contribution in [2.24, 2.45) is 16.6 Å². The summed E-state index contributed by atoms with van der Waals surface area (Å²) in [7, 11) is 0. The van der Waals surface area contributed by atoms with Crippen LogP contribution < -0.4 is 5.73 Å². The standard InChI is InChI=1S/C19H14ClF2N3S/c20-12-5-6-24-13(8-12)3-1-11-2-4-16(22)14(7-11)17-15-9-19(15,10-21)26-18(23)25-17/h2,4-8,15,17H,9-10H2,(H2,23,25)/t15-,17+,19+/m0/s1. The van der Waals surface area contributed by atoms with Crippen molar-refractivity contribution < 1.29 is 8.78 Å². The molecule has 0 bridgehead atoms. The summed E-state index contributed by atoms with van der Waals surface area (Å²) in [5.41, 5.74) is 7.41. The molecule has 1 aliphatic heterocycles. The number of nitrogens with zero attached hydrogens (tertiary/aromatic N) is 2. The molecule has 2 aliphatic rings. The average Bonchev–Trinajstić information content (AvgIpc) is 3.35. The van der Waals surface area contributed by atoms with Crippen LogP contribution in [0.15, 0.2) is 41.5 Å². The average molecular weight is 390 g/mol. The molecule has 4 rings (SSSR count). The number of hydrogen-bond donors (Lipinski definition) is 1. The molecule has 2 heterocycles. The second kappa shape index (κ2) is 6.57. The van der Waals surface area contributed by atoms with Gasteiger partial charge in [0.2, 0.25) is 0 Å². The van der Waals surface area contributed by atoms with Gasteiger partial charge < -0.3 is 5.73 Å². The van der Waals surface area contributed by atoms with Gasteiger partial charge in [-0.3, -0.25) is 4.99 Å². The number of aromatic nitrogens is 1. The van der Waals surface area contributed by atoms with E-state index in [9.17, 15) is 8.78 Å². The lowest BCUT2D eigenvalue weighted by molar-refractivity contribution is 0.440. The zero-order chi connectivity index (χ0) is 18.3. The lowest BCUT2D eigenvalue weighted by Crippen LogP contribution is -2.26. The van der Waals surface area contributed by atoms with Crippen LogP contribution in [0, 0.1) is 23.6 Å². The van der Waals surface area contributed by atoms with Crippen molar-refractivity contribution in [3.8, 4) is 11.8 Å². The molecule has 132 valence electrons. The lowest BCUT2D eigenvalue weighted by Gasteiger charge is -2.24. The van der Waals surface area contributed by atoms with E-state index >= 15 is 0 Å². The molecule has 3 atom stereocenters. The molecule has 1 aliphatic carbocycles. The highest BCUT2D eigenvalue weighted by Crippen LogP contribution is 2.63. The van der Waals surface area contributed by atoms with Gasteiger partial charge in [-0.15, -0.1) is 0 Å². The molecule has 0 radical (unpaired) electrons. The maximum Gasteiger partial charge on any atom is 0.155 e. The minimum absolute atomic E-state index is 0.0443. The number of halogens is 3. The summed E-state index contributed by atoms with van der Waals surface area (Å²) < 4.78 is 27.3. The second-order valence-corrected chi connectivity index (χ2v) is 8.24. The van der Waals surface area contributed by atoms with Gasteiger partial charge in [0.1, 0.15) is 18.2 Å². The third kappa shape index (κ3) is 3.17. The summed E-state index contributed by atoms with van der Waals surface area (Å²) in [6, 6.07) is 7.46. The highest BCUT2D eigenvalue weighted by atomic mass is 35.5. The Hall–Kier alpha value is -2.10. The SMILES string of the molecule is NC1=N[C@H](c2cc(C#Cc3cc(Cl)ccn3)ccc2F)[C@@H]2C[C@]2(CF)S1. The van der Waals surface area contributed by atoms with Crippen molar-refractivity contribution in [1.29, 1.82) is 0 Å². The Morgan fingerprint density at radius 3 is 2.92 bits per heavy atom. The van der Waals surface area contributed by atoms with Gasteiger partial charge in [0, 0.05) is 28.3 Å². The molecule has 1 aromatic carbocycles. The third-order valence-corrected chi connectivity index (χ3v) is 6.17. The lowest BCUT2D eigenvalue weighted by atomic mass is 9.98. The monoisotopic (exact) mass is 389 g/mol. The Morgan fingerprint density at radius 2 is 2.15 bits per heavy atom. The Balaban J connectivity index is 1.67. The fourth-order valence-electron chi connectivity index (χ4n) is 3.22. The minimum Gasteiger partial charge on any atom is -0.379 e. The van der Waals surface area contributed by atoms with Gasteiger partial charge in [-0.1, -0.05) is 29.3 Å². The van der Waals surface area contributed by atoms with Crippen LogP contribution >= 0.6 is 23.4 Å². The molecule has 0 spiro atoms. The van der Waals surface area contributed by atoms with E-state index in [2.05, 4.69) is 21.8 Å². The van der Waals surface area contributed by atoms with E-state index in [4.69, 9.17) is 17.3 Å². The maximum absolute atomic E-state index is 14.4. The Bertz CT molecular complexity index is 969. The van der Waals surface area contributed by atoms with Crippen molar-refractivity contribution in [3.63, 3.8) is 0 Å². The largest absolute Gasteiger partial charge is 0.379 e. The van der Waals surface area contributed by atoms with Crippen LogP contribution in [0.2, 0.25) is 5.02 Å². The quantitative estimate of drug-likeness (QED) is 0.786. The van der Waals surface area contributed by atoms with Crippen molar-refractivity contribution in [3.05, 3.63) is 64.2 Å². The second-order valence-electron chi connectivity index (χ2n) is 6.37. The molecule has 7 heteroatoms. The number of rotatable bonds is 2. The molecule has 1 fully saturated rings. The highest BCUT2D eigenvalue weighted by molar-refractivity contribution is 8.15. The van der Waals surface area contributed by atoms with Gasteiger partial charge in [-0.25, -0.2) is 13.8 Å². The van der Waals surface area contributed by atoms with Crippen LogP contribution in [-0.4, -0.2) is 21.6 Å². The molecule has 2 aromatic rings. The van der Waals surface area contributed by atoms with Crippen LogP contribution in [-0.2, 0) is 0 Å². The Morgan fingerprint density at radius 1 is 1.31 bits per heavy atom. The number of fused-ring (bicyclic) bond motifs is 1. The normalized spacial score (nSPS) is 26.3. The van der Waals surface area contributed by atoms with E-state index in [1.165, 1.54) is 17.8 Å². The summed E-state index contributed by atoms with van der Waals surface area (Å²) in [5.74, 6) is 5.44. The van der Waals surface area contributed by atoms with Gasteiger partial charge in [-0.05, 0) is 42.7 Å². The third-order valence-electron chi connectivity index (χ3n) is 4.63. The van der Waals surface area contributed by atoms with Crippen LogP contribution in [0.4, 0.5) is 8.78 Å². The number of amidine groups is 1. The van der Waals surface area contributed by atoms with Gasteiger partial charge in [0.05, 0.1) is 10.8 Å². The highest BCUT2D eigenvalue weighted by Gasteiger charge is 2.62. The van der Waals surface area contributed by atoms with E-state index in [1.54, 1.807) is 30.5 Å². The van der Waals surface area contributed by atoms with E-state index in [0.29, 0.717) is 33.4 Å². The minimum atomic E-state index is -0.546. The van der Waals surface area contributed by atoms with Crippen molar-refractivity contribution in [1.82, 2.24) is 4.98 Å². The molecular weight excluding hydrogens is 376 g/mol. The molecule has 1 aromatic heterocycles.